The van der Waals surface area contributed by atoms with Gasteiger partial charge in [-0.15, -0.1) is 22.7 Å². The van der Waals surface area contributed by atoms with Gasteiger partial charge in [-0.2, -0.15) is 0 Å². The number of rotatable bonds is 5. The van der Waals surface area contributed by atoms with Crippen LogP contribution in [0.25, 0.3) is 20.4 Å². The number of aryl methyl sites for hydroxylation is 2. The van der Waals surface area contributed by atoms with Crippen molar-refractivity contribution in [3.8, 4) is 0 Å². The molecule has 0 saturated carbocycles. The van der Waals surface area contributed by atoms with Crippen LogP contribution in [0.1, 0.15) is 61.8 Å². The summed E-state index contributed by atoms with van der Waals surface area (Å²) < 4.78 is 2.50. The van der Waals surface area contributed by atoms with Crippen LogP contribution in [0.5, 0.6) is 0 Å². The molecule has 5 rings (SSSR count). The molecule has 0 amide bonds. The zero-order chi connectivity index (χ0) is 21.5. The van der Waals surface area contributed by atoms with E-state index in [1.54, 1.807) is 11.3 Å². The second-order valence-corrected chi connectivity index (χ2v) is 10.9. The molecule has 1 aliphatic rings. The molecule has 6 nitrogen and oxygen atoms in total. The molecule has 0 saturated heterocycles. The fourth-order valence-electron chi connectivity index (χ4n) is 4.17. The first-order valence-electron chi connectivity index (χ1n) is 10.7. The Hall–Kier alpha value is -1.97. The highest BCUT2D eigenvalue weighted by Gasteiger charge is 2.23. The average Bonchev–Trinajstić information content (AvgIpc) is 3.30. The zero-order valence-corrected chi connectivity index (χ0v) is 20.0. The first kappa shape index (κ1) is 20.9. The van der Waals surface area contributed by atoms with Crippen LogP contribution in [0.3, 0.4) is 0 Å². The van der Waals surface area contributed by atoms with Gasteiger partial charge in [0.2, 0.25) is 0 Å². The highest BCUT2D eigenvalue weighted by atomic mass is 32.2. The second kappa shape index (κ2) is 8.52. The Morgan fingerprint density at radius 3 is 2.90 bits per heavy atom. The van der Waals surface area contributed by atoms with E-state index in [1.807, 2.05) is 16.0 Å². The Bertz CT molecular complexity index is 1380. The summed E-state index contributed by atoms with van der Waals surface area (Å²) in [6.45, 7) is 4.16. The summed E-state index contributed by atoms with van der Waals surface area (Å²) in [5.74, 6) is 1.06. The topological polar surface area (TPSA) is 80.6 Å². The van der Waals surface area contributed by atoms with Crippen molar-refractivity contribution in [3.05, 3.63) is 48.4 Å². The van der Waals surface area contributed by atoms with E-state index < -0.39 is 0 Å². The van der Waals surface area contributed by atoms with Crippen molar-refractivity contribution in [3.63, 3.8) is 0 Å². The molecule has 9 heteroatoms. The van der Waals surface area contributed by atoms with Crippen LogP contribution in [-0.4, -0.2) is 19.5 Å². The van der Waals surface area contributed by atoms with Crippen LogP contribution in [0.15, 0.2) is 26.2 Å². The van der Waals surface area contributed by atoms with Crippen LogP contribution in [-0.2, 0) is 18.6 Å². The van der Waals surface area contributed by atoms with E-state index in [0.717, 1.165) is 35.9 Å². The largest absolute Gasteiger partial charge is 0.309 e. The SMILES string of the molecule is CCC(C)n1c(SCc2nc3ccsc3c(=O)[nH]2)nc2sc3c(c2c1=O)CCCCC3. The van der Waals surface area contributed by atoms with Crippen molar-refractivity contribution in [1.29, 1.82) is 0 Å². The maximum Gasteiger partial charge on any atom is 0.268 e. The molecular formula is C22H24N4O2S3. The van der Waals surface area contributed by atoms with Gasteiger partial charge in [-0.05, 0) is 56.0 Å². The molecule has 4 aromatic rings. The third kappa shape index (κ3) is 3.76. The average molecular weight is 473 g/mol. The normalized spacial score (nSPS) is 15.3. The predicted molar refractivity (Wildman–Crippen MR) is 130 cm³/mol. The lowest BCUT2D eigenvalue weighted by Crippen LogP contribution is -2.26. The van der Waals surface area contributed by atoms with E-state index >= 15 is 0 Å². The highest BCUT2D eigenvalue weighted by molar-refractivity contribution is 7.98. The van der Waals surface area contributed by atoms with Gasteiger partial charge in [0, 0.05) is 10.9 Å². The summed E-state index contributed by atoms with van der Waals surface area (Å²) in [5.41, 5.74) is 1.92. The number of hydrogen-bond acceptors (Lipinski definition) is 7. The summed E-state index contributed by atoms with van der Waals surface area (Å²) in [6, 6.07) is 1.92. The van der Waals surface area contributed by atoms with E-state index in [4.69, 9.17) is 4.98 Å². The van der Waals surface area contributed by atoms with Gasteiger partial charge in [-0.25, -0.2) is 9.97 Å². The lowest BCUT2D eigenvalue weighted by molar-refractivity contribution is 0.468. The first-order chi connectivity index (χ1) is 15.1. The molecule has 0 aromatic carbocycles. The van der Waals surface area contributed by atoms with Gasteiger partial charge in [-0.1, -0.05) is 25.1 Å². The zero-order valence-electron chi connectivity index (χ0n) is 17.6. The number of thioether (sulfide) groups is 1. The maximum absolute atomic E-state index is 13.6. The number of aromatic amines is 1. The van der Waals surface area contributed by atoms with Crippen molar-refractivity contribution in [2.24, 2.45) is 0 Å². The van der Waals surface area contributed by atoms with Crippen molar-refractivity contribution in [2.75, 3.05) is 0 Å². The number of aromatic nitrogens is 4. The Balaban J connectivity index is 1.58. The first-order valence-corrected chi connectivity index (χ1v) is 13.4. The van der Waals surface area contributed by atoms with Gasteiger partial charge in [-0.3, -0.25) is 14.2 Å². The molecule has 31 heavy (non-hydrogen) atoms. The Morgan fingerprint density at radius 2 is 2.06 bits per heavy atom. The van der Waals surface area contributed by atoms with Crippen LogP contribution in [0, 0.1) is 0 Å². The van der Waals surface area contributed by atoms with Gasteiger partial charge in [0.1, 0.15) is 15.4 Å². The number of hydrogen-bond donors (Lipinski definition) is 1. The summed E-state index contributed by atoms with van der Waals surface area (Å²) in [6.07, 6.45) is 6.43. The number of thiophene rings is 2. The fraction of sp³-hybridized carbons (Fsp3) is 0.455. The minimum atomic E-state index is -0.111. The Kier molecular flexibility index (Phi) is 5.75. The number of H-pyrrole nitrogens is 1. The fourth-order valence-corrected chi connectivity index (χ4v) is 7.17. The van der Waals surface area contributed by atoms with Gasteiger partial charge in [0.15, 0.2) is 5.16 Å². The van der Waals surface area contributed by atoms with E-state index in [-0.39, 0.29) is 17.2 Å². The second-order valence-electron chi connectivity index (χ2n) is 8.01. The minimum Gasteiger partial charge on any atom is -0.309 e. The standard InChI is InChI=1S/C22H24N4O2S3/c1-3-12(2)26-21(28)17-13-7-5-4-6-8-15(13)31-20(17)25-22(26)30-11-16-23-14-9-10-29-18(14)19(27)24-16/h9-10,12H,3-8,11H2,1-2H3,(H,23,24,27). The molecule has 1 atom stereocenters. The monoisotopic (exact) mass is 472 g/mol. The molecule has 1 N–H and O–H groups in total. The number of nitrogens with zero attached hydrogens (tertiary/aromatic N) is 3. The quantitative estimate of drug-likeness (QED) is 0.243. The molecular weight excluding hydrogens is 448 g/mol. The molecule has 0 fully saturated rings. The molecule has 4 aromatic heterocycles. The molecule has 1 aliphatic carbocycles. The van der Waals surface area contributed by atoms with E-state index in [1.165, 1.54) is 46.4 Å². The molecule has 0 spiro atoms. The minimum absolute atomic E-state index is 0.0552. The lowest BCUT2D eigenvalue weighted by atomic mass is 10.1. The lowest BCUT2D eigenvalue weighted by Gasteiger charge is -2.17. The summed E-state index contributed by atoms with van der Waals surface area (Å²) in [5, 5.41) is 3.41. The summed E-state index contributed by atoms with van der Waals surface area (Å²) >= 11 is 4.55. The highest BCUT2D eigenvalue weighted by Crippen LogP contribution is 2.35. The molecule has 1 unspecified atom stereocenters. The van der Waals surface area contributed by atoms with Gasteiger partial charge in [0.05, 0.1) is 16.7 Å². The number of fused-ring (bicyclic) bond motifs is 4. The van der Waals surface area contributed by atoms with Gasteiger partial charge in [0.25, 0.3) is 11.1 Å². The molecule has 4 heterocycles. The Morgan fingerprint density at radius 1 is 1.23 bits per heavy atom. The predicted octanol–water partition coefficient (Wildman–Crippen LogP) is 5.29. The van der Waals surface area contributed by atoms with E-state index in [2.05, 4.69) is 23.8 Å². The van der Waals surface area contributed by atoms with Crippen LogP contribution in [0.2, 0.25) is 0 Å². The van der Waals surface area contributed by atoms with Crippen molar-refractivity contribution < 1.29 is 0 Å². The Labute approximate surface area is 191 Å². The van der Waals surface area contributed by atoms with Gasteiger partial charge < -0.3 is 4.98 Å². The molecule has 0 aliphatic heterocycles. The van der Waals surface area contributed by atoms with E-state index in [0.29, 0.717) is 27.0 Å². The number of nitrogens with one attached hydrogen (secondary N) is 1. The summed E-state index contributed by atoms with van der Waals surface area (Å²) in [4.78, 5) is 40.5. The van der Waals surface area contributed by atoms with Gasteiger partial charge >= 0.3 is 0 Å². The molecule has 0 bridgehead atoms. The molecule has 0 radical (unpaired) electrons. The van der Waals surface area contributed by atoms with Crippen molar-refractivity contribution >= 4 is 54.9 Å². The third-order valence-corrected chi connectivity index (χ3v) is 9.02. The van der Waals surface area contributed by atoms with Crippen molar-refractivity contribution in [2.45, 2.75) is 69.3 Å². The molecule has 162 valence electrons. The van der Waals surface area contributed by atoms with Crippen LogP contribution < -0.4 is 11.1 Å². The van der Waals surface area contributed by atoms with Crippen molar-refractivity contribution in [1.82, 2.24) is 19.5 Å². The smallest absolute Gasteiger partial charge is 0.268 e. The maximum atomic E-state index is 13.6. The van der Waals surface area contributed by atoms with Crippen LogP contribution >= 0.6 is 34.4 Å². The van der Waals surface area contributed by atoms with Crippen LogP contribution in [0.4, 0.5) is 0 Å². The van der Waals surface area contributed by atoms with E-state index in [9.17, 15) is 9.59 Å². The summed E-state index contributed by atoms with van der Waals surface area (Å²) in [7, 11) is 0. The third-order valence-electron chi connectivity index (χ3n) is 5.97.